The summed E-state index contributed by atoms with van der Waals surface area (Å²) >= 11 is 0. The molecular formula is C10H14N5Na2O6P. The van der Waals surface area contributed by atoms with Crippen LogP contribution in [0.15, 0.2) is 12.7 Å². The molecule has 24 heavy (non-hydrogen) atoms. The molecule has 0 spiro atoms. The molecule has 3 atom stereocenters. The maximum absolute atomic E-state index is 11.0. The van der Waals surface area contributed by atoms with E-state index in [0.717, 1.165) is 0 Å². The number of rotatable bonds is 4. The first kappa shape index (κ1) is 22.4. The second-order valence-electron chi connectivity index (χ2n) is 4.76. The minimum Gasteiger partial charge on any atom is -0.394 e. The molecule has 2 radical (unpaired) electrons. The number of anilines is 1. The minimum atomic E-state index is -4.69. The quantitative estimate of drug-likeness (QED) is 0.360. The molecule has 3 heterocycles. The van der Waals surface area contributed by atoms with Crippen molar-refractivity contribution in [2.45, 2.75) is 24.9 Å². The van der Waals surface area contributed by atoms with E-state index in [1.54, 1.807) is 4.57 Å². The first-order valence-corrected chi connectivity index (χ1v) is 7.85. The first-order chi connectivity index (χ1) is 10.4. The van der Waals surface area contributed by atoms with E-state index >= 15 is 0 Å². The van der Waals surface area contributed by atoms with E-state index in [9.17, 15) is 9.67 Å². The molecule has 0 aromatic carbocycles. The molecule has 0 amide bonds. The van der Waals surface area contributed by atoms with Gasteiger partial charge in [-0.2, -0.15) is 0 Å². The van der Waals surface area contributed by atoms with Crippen LogP contribution in [0.5, 0.6) is 0 Å². The number of aliphatic hydroxyl groups is 1. The smallest absolute Gasteiger partial charge is 0.394 e. The zero-order valence-corrected chi connectivity index (χ0v) is 18.1. The number of nitrogens with two attached hydrogens (primary N) is 1. The Morgan fingerprint density at radius 3 is 2.71 bits per heavy atom. The van der Waals surface area contributed by atoms with Crippen LogP contribution in [0.25, 0.3) is 11.2 Å². The van der Waals surface area contributed by atoms with Crippen LogP contribution in [0.4, 0.5) is 5.82 Å². The van der Waals surface area contributed by atoms with Gasteiger partial charge in [-0.25, -0.2) is 19.5 Å². The molecule has 14 heteroatoms. The molecule has 1 fully saturated rings. The van der Waals surface area contributed by atoms with Crippen molar-refractivity contribution in [1.82, 2.24) is 19.5 Å². The molecule has 2 aromatic rings. The van der Waals surface area contributed by atoms with E-state index in [4.69, 9.17) is 20.3 Å². The number of ether oxygens (including phenoxy) is 1. The molecule has 0 bridgehead atoms. The second kappa shape index (κ2) is 8.85. The molecule has 3 rings (SSSR count). The average molecular weight is 377 g/mol. The maximum Gasteiger partial charge on any atom is 0.469 e. The maximum atomic E-state index is 11.0. The molecule has 0 aliphatic carbocycles. The fourth-order valence-electron chi connectivity index (χ4n) is 2.40. The monoisotopic (exact) mass is 377 g/mol. The molecule has 1 aliphatic heterocycles. The number of aromatic nitrogens is 4. The summed E-state index contributed by atoms with van der Waals surface area (Å²) < 4.78 is 22.8. The molecule has 2 aromatic heterocycles. The van der Waals surface area contributed by atoms with Crippen LogP contribution in [0, 0.1) is 0 Å². The van der Waals surface area contributed by atoms with Crippen LogP contribution < -0.4 is 5.73 Å². The number of nitrogen functional groups attached to an aromatic ring is 1. The summed E-state index contributed by atoms with van der Waals surface area (Å²) in [5.74, 6) is 0.212. The van der Waals surface area contributed by atoms with Crippen LogP contribution in [0.2, 0.25) is 0 Å². The fraction of sp³-hybridized carbons (Fsp3) is 0.500. The number of imidazole rings is 1. The van der Waals surface area contributed by atoms with Gasteiger partial charge in [0.05, 0.1) is 12.9 Å². The molecule has 5 N–H and O–H groups in total. The summed E-state index contributed by atoms with van der Waals surface area (Å²) in [6.45, 7) is -0.440. The van der Waals surface area contributed by atoms with E-state index in [0.29, 0.717) is 11.2 Å². The topological polar surface area (TPSA) is 166 Å². The van der Waals surface area contributed by atoms with Gasteiger partial charge in [0.25, 0.3) is 0 Å². The Kier molecular flexibility index (Phi) is 8.27. The first-order valence-electron chi connectivity index (χ1n) is 6.32. The van der Waals surface area contributed by atoms with Gasteiger partial charge in [0.1, 0.15) is 30.3 Å². The van der Waals surface area contributed by atoms with E-state index in [-0.39, 0.29) is 71.4 Å². The number of nitrogens with zero attached hydrogens (tertiary/aromatic N) is 4. The van der Waals surface area contributed by atoms with Gasteiger partial charge in [0.15, 0.2) is 11.5 Å². The van der Waals surface area contributed by atoms with Gasteiger partial charge in [-0.15, -0.1) is 0 Å². The van der Waals surface area contributed by atoms with E-state index in [1.807, 2.05) is 0 Å². The van der Waals surface area contributed by atoms with E-state index in [1.165, 1.54) is 12.7 Å². The van der Waals surface area contributed by atoms with Crippen molar-refractivity contribution >= 4 is 83.9 Å². The van der Waals surface area contributed by atoms with Crippen LogP contribution >= 0.6 is 7.82 Å². The molecule has 11 nitrogen and oxygen atoms in total. The van der Waals surface area contributed by atoms with E-state index in [2.05, 4.69) is 19.5 Å². The number of hydrogen-bond acceptors (Lipinski definition) is 8. The van der Waals surface area contributed by atoms with Gasteiger partial charge in [0.2, 0.25) is 0 Å². The summed E-state index contributed by atoms with van der Waals surface area (Å²) in [6, 6.07) is 0. The summed E-state index contributed by atoms with van der Waals surface area (Å²) in [6.07, 6.45) is 0.368. The number of aliphatic hydroxyl groups excluding tert-OH is 1. The largest absolute Gasteiger partial charge is 0.469 e. The zero-order valence-electron chi connectivity index (χ0n) is 13.2. The Morgan fingerprint density at radius 2 is 2.08 bits per heavy atom. The van der Waals surface area contributed by atoms with Crippen molar-refractivity contribution < 1.29 is 28.7 Å². The number of phosphoric acid groups is 1. The van der Waals surface area contributed by atoms with Gasteiger partial charge in [-0.1, -0.05) is 0 Å². The van der Waals surface area contributed by atoms with Crippen molar-refractivity contribution in [2.24, 2.45) is 0 Å². The Bertz CT molecular complexity index is 742. The number of fused-ring (bicyclic) bond motifs is 1. The minimum absolute atomic E-state index is 0. The predicted octanol–water partition coefficient (Wildman–Crippen LogP) is -1.60. The Labute approximate surface area is 180 Å². The molecule has 1 aliphatic rings. The summed E-state index contributed by atoms with van der Waals surface area (Å²) in [5.41, 5.74) is 6.51. The normalized spacial score (nSPS) is 23.7. The Hall–Kier alpha value is 0.380. The van der Waals surface area contributed by atoms with Crippen molar-refractivity contribution in [3.05, 3.63) is 12.7 Å². The van der Waals surface area contributed by atoms with Gasteiger partial charge in [-0.05, 0) is 0 Å². The van der Waals surface area contributed by atoms with Crippen molar-refractivity contribution in [1.29, 1.82) is 0 Å². The third kappa shape index (κ3) is 4.76. The van der Waals surface area contributed by atoms with Crippen LogP contribution in [0.3, 0.4) is 0 Å². The molecule has 1 saturated heterocycles. The Morgan fingerprint density at radius 1 is 1.38 bits per heavy atom. The summed E-state index contributed by atoms with van der Waals surface area (Å²) in [4.78, 5) is 29.8. The number of phosphoric ester groups is 1. The third-order valence-corrected chi connectivity index (χ3v) is 3.88. The fourth-order valence-corrected chi connectivity index (χ4v) is 2.98. The summed E-state index contributed by atoms with van der Waals surface area (Å²) in [5, 5.41) is 9.28. The van der Waals surface area contributed by atoms with Crippen molar-refractivity contribution in [3.63, 3.8) is 0 Å². The van der Waals surface area contributed by atoms with Crippen LogP contribution in [-0.2, 0) is 13.8 Å². The molecule has 122 valence electrons. The SMILES string of the molecule is Nc1ncnc2c1ncn2[C@H]1C[C@H](OP(=O)(O)O)[C@@H](CO)O1.[Na].[Na]. The van der Waals surface area contributed by atoms with Crippen molar-refractivity contribution in [3.8, 4) is 0 Å². The zero-order chi connectivity index (χ0) is 15.9. The molecule has 0 saturated carbocycles. The summed E-state index contributed by atoms with van der Waals surface area (Å²) in [7, 11) is -4.69. The third-order valence-electron chi connectivity index (χ3n) is 3.33. The standard InChI is InChI=1S/C10H14N5O6P.2Na/c11-9-8-10(13-3-12-9)15(4-14-8)7-1-5(6(2-16)20-7)21-22(17,18)19;;/h3-7,16H,1-2H2,(H2,11,12,13)(H2,17,18,19);;/t5-,6+,7+;;/m0../s1. The average Bonchev–Trinajstić information content (AvgIpc) is 3.01. The predicted molar refractivity (Wildman–Crippen MR) is 83.8 cm³/mol. The van der Waals surface area contributed by atoms with Crippen molar-refractivity contribution in [2.75, 3.05) is 12.3 Å². The second-order valence-corrected chi connectivity index (χ2v) is 5.96. The van der Waals surface area contributed by atoms with Gasteiger partial charge >= 0.3 is 7.82 Å². The van der Waals surface area contributed by atoms with Gasteiger partial charge < -0.3 is 25.4 Å². The molecule has 0 unspecified atom stereocenters. The molecular weight excluding hydrogens is 363 g/mol. The van der Waals surface area contributed by atoms with Crippen LogP contribution in [0.1, 0.15) is 12.6 Å². The van der Waals surface area contributed by atoms with Crippen LogP contribution in [-0.4, -0.2) is 112 Å². The van der Waals surface area contributed by atoms with E-state index < -0.39 is 32.9 Å². The Balaban J connectivity index is 0.00000144. The number of hydrogen-bond donors (Lipinski definition) is 4. The van der Waals surface area contributed by atoms with Gasteiger partial charge in [-0.3, -0.25) is 9.09 Å². The van der Waals surface area contributed by atoms with Gasteiger partial charge in [0, 0.05) is 65.5 Å².